The number of carboxylic acids is 1. The largest absolute Gasteiger partial charge is 0.479 e. The normalized spacial score (nSPS) is 18.3. The van der Waals surface area contributed by atoms with E-state index in [1.54, 1.807) is 0 Å². The number of aliphatic carboxylic acids is 1. The minimum Gasteiger partial charge on any atom is -0.479 e. The lowest BCUT2D eigenvalue weighted by Crippen LogP contribution is -2.61. The Bertz CT molecular complexity index is 1450. The zero-order chi connectivity index (χ0) is 54.7. The number of carbonyl (C=O) groups excluding carboxylic acids is 3. The molecule has 0 aliphatic carbocycles. The van der Waals surface area contributed by atoms with Gasteiger partial charge in [-0.1, -0.05) is 231 Å². The Morgan fingerprint density at radius 1 is 0.440 bits per heavy atom. The highest BCUT2D eigenvalue weighted by Crippen LogP contribution is 2.27. The molecule has 1 saturated heterocycles. The molecule has 0 saturated carbocycles. The third-order valence-electron chi connectivity index (χ3n) is 14.2. The molecule has 1 fully saturated rings. The summed E-state index contributed by atoms with van der Waals surface area (Å²) < 4.78 is 28.5. The Balaban J connectivity index is 2.65. The number of allylic oxidation sites excluding steroid dienone is 6. The van der Waals surface area contributed by atoms with Crippen LogP contribution in [0.25, 0.3) is 0 Å². The molecule has 1 heterocycles. The van der Waals surface area contributed by atoms with E-state index in [-0.39, 0.29) is 25.9 Å². The van der Waals surface area contributed by atoms with Gasteiger partial charge in [-0.2, -0.15) is 0 Å². The quantitative estimate of drug-likeness (QED) is 0.0228. The summed E-state index contributed by atoms with van der Waals surface area (Å²) in [6.07, 6.45) is 48.2. The van der Waals surface area contributed by atoms with Gasteiger partial charge in [0.05, 0.1) is 6.61 Å². The average Bonchev–Trinajstić information content (AvgIpc) is 3.39. The molecule has 1 aliphatic rings. The van der Waals surface area contributed by atoms with E-state index in [1.165, 1.54) is 141 Å². The predicted octanol–water partition coefficient (Wildman–Crippen LogP) is 16.0. The number of esters is 3. The van der Waals surface area contributed by atoms with Crippen LogP contribution >= 0.6 is 0 Å². The topological polar surface area (TPSA) is 175 Å². The highest BCUT2D eigenvalue weighted by atomic mass is 16.7. The third kappa shape index (κ3) is 41.7. The van der Waals surface area contributed by atoms with Crippen LogP contribution in [0, 0.1) is 0 Å². The summed E-state index contributed by atoms with van der Waals surface area (Å²) in [5, 5.41) is 31.5. The second-order valence-corrected chi connectivity index (χ2v) is 21.3. The maximum atomic E-state index is 13.1. The van der Waals surface area contributed by atoms with Crippen molar-refractivity contribution in [3.05, 3.63) is 36.5 Å². The van der Waals surface area contributed by atoms with Gasteiger partial charge in [0.25, 0.3) is 0 Å². The lowest BCUT2D eigenvalue weighted by Gasteiger charge is -2.40. The van der Waals surface area contributed by atoms with Gasteiger partial charge in [-0.05, 0) is 77.0 Å². The molecule has 0 radical (unpaired) electrons. The van der Waals surface area contributed by atoms with Crippen molar-refractivity contribution in [3.8, 4) is 0 Å². The number of rotatable bonds is 53. The maximum Gasteiger partial charge on any atom is 0.335 e. The van der Waals surface area contributed by atoms with Crippen LogP contribution in [0.2, 0.25) is 0 Å². The standard InChI is InChI=1S/C63H112O12/c1-4-7-10-13-16-19-22-24-26-28-30-32-35-37-40-43-46-49-55(64)71-52-54(73-56(65)50-47-44-41-38-34-21-18-15-12-9-6-3)53-72-63-61(59(68)58(67)60(75-63)62(69)70)74-57(66)51-48-45-42-39-36-33-31-29-27-25-23-20-17-14-11-8-5-2/h16,19,24-27,54,58-61,63,67-68H,4-15,17-18,20-23,28-53H2,1-3H3,(H,69,70)/b19-16-,26-24-,27-25-. The minimum absolute atomic E-state index is 0.0581. The van der Waals surface area contributed by atoms with Crippen LogP contribution in [-0.4, -0.2) is 89.2 Å². The van der Waals surface area contributed by atoms with Gasteiger partial charge in [0, 0.05) is 19.3 Å². The van der Waals surface area contributed by atoms with Crippen LogP contribution in [-0.2, 0) is 42.9 Å². The number of ether oxygens (including phenoxy) is 5. The van der Waals surface area contributed by atoms with E-state index >= 15 is 0 Å². The molecule has 0 aromatic heterocycles. The zero-order valence-corrected chi connectivity index (χ0v) is 48.1. The number of aliphatic hydroxyl groups excluding tert-OH is 2. The second kappa shape index (κ2) is 51.7. The van der Waals surface area contributed by atoms with Crippen molar-refractivity contribution in [1.82, 2.24) is 0 Å². The Labute approximate surface area is 457 Å². The van der Waals surface area contributed by atoms with Gasteiger partial charge in [0.15, 0.2) is 24.6 Å². The molecule has 12 heteroatoms. The molecule has 0 spiro atoms. The van der Waals surface area contributed by atoms with Gasteiger partial charge >= 0.3 is 23.9 Å². The number of aliphatic hydroxyl groups is 2. The second-order valence-electron chi connectivity index (χ2n) is 21.3. The molecule has 0 aromatic carbocycles. The molecule has 6 atom stereocenters. The van der Waals surface area contributed by atoms with Crippen molar-refractivity contribution >= 4 is 23.9 Å². The number of hydrogen-bond acceptors (Lipinski definition) is 11. The van der Waals surface area contributed by atoms with Gasteiger partial charge in [0.2, 0.25) is 0 Å². The molecular weight excluding hydrogens is 949 g/mol. The van der Waals surface area contributed by atoms with Gasteiger partial charge in [0.1, 0.15) is 18.8 Å². The number of unbranched alkanes of at least 4 members (excludes halogenated alkanes) is 33. The first-order chi connectivity index (χ1) is 36.6. The summed E-state index contributed by atoms with van der Waals surface area (Å²) >= 11 is 0. The Morgan fingerprint density at radius 2 is 0.800 bits per heavy atom. The van der Waals surface area contributed by atoms with Crippen molar-refractivity contribution in [2.45, 2.75) is 327 Å². The Hall–Kier alpha value is -3.06. The zero-order valence-electron chi connectivity index (χ0n) is 48.1. The fourth-order valence-corrected chi connectivity index (χ4v) is 9.39. The fraction of sp³-hybridized carbons (Fsp3) is 0.841. The SMILES string of the molecule is CCCCC/C=C\C/C=C\CCCCCCCCCC(=O)OCC(COC1OC(C(=O)O)C(O)C(O)C1OC(=O)CCCCCCCCC/C=C\CCCCCCCC)OC(=O)CCCCCCCCCCCCC. The first kappa shape index (κ1) is 70.0. The van der Waals surface area contributed by atoms with E-state index in [9.17, 15) is 34.5 Å². The van der Waals surface area contributed by atoms with Gasteiger partial charge < -0.3 is 39.0 Å². The van der Waals surface area contributed by atoms with Crippen molar-refractivity contribution in [1.29, 1.82) is 0 Å². The summed E-state index contributed by atoms with van der Waals surface area (Å²) in [5.74, 6) is -3.11. The monoisotopic (exact) mass is 1060 g/mol. The van der Waals surface area contributed by atoms with Crippen LogP contribution in [0.4, 0.5) is 0 Å². The lowest BCUT2D eigenvalue weighted by atomic mass is 9.98. The first-order valence-electron chi connectivity index (χ1n) is 31.0. The van der Waals surface area contributed by atoms with Crippen LogP contribution in [0.1, 0.15) is 290 Å². The molecular formula is C63H112O12. The summed E-state index contributed by atoms with van der Waals surface area (Å²) in [7, 11) is 0. The maximum absolute atomic E-state index is 13.1. The first-order valence-corrected chi connectivity index (χ1v) is 31.0. The molecule has 3 N–H and O–H groups in total. The third-order valence-corrected chi connectivity index (χ3v) is 14.2. The summed E-state index contributed by atoms with van der Waals surface area (Å²) in [6.45, 7) is 5.97. The summed E-state index contributed by atoms with van der Waals surface area (Å²) in [6, 6.07) is 0. The fourth-order valence-electron chi connectivity index (χ4n) is 9.39. The van der Waals surface area contributed by atoms with Crippen molar-refractivity contribution in [2.24, 2.45) is 0 Å². The van der Waals surface area contributed by atoms with Crippen molar-refractivity contribution < 1.29 is 58.2 Å². The highest BCUT2D eigenvalue weighted by Gasteiger charge is 2.50. The number of carboxylic acid groups (broad SMARTS) is 1. The van der Waals surface area contributed by atoms with Crippen LogP contribution in [0.15, 0.2) is 36.5 Å². The van der Waals surface area contributed by atoms with E-state index in [2.05, 4.69) is 57.2 Å². The number of carbonyl (C=O) groups is 4. The Morgan fingerprint density at radius 3 is 1.24 bits per heavy atom. The molecule has 1 rings (SSSR count). The van der Waals surface area contributed by atoms with Gasteiger partial charge in [-0.15, -0.1) is 0 Å². The van der Waals surface area contributed by atoms with Gasteiger partial charge in [-0.3, -0.25) is 14.4 Å². The molecule has 0 aromatic rings. The molecule has 0 bridgehead atoms. The summed E-state index contributed by atoms with van der Waals surface area (Å²) in [4.78, 5) is 51.1. The highest BCUT2D eigenvalue weighted by molar-refractivity contribution is 5.74. The van der Waals surface area contributed by atoms with E-state index < -0.39 is 67.3 Å². The summed E-state index contributed by atoms with van der Waals surface area (Å²) in [5.41, 5.74) is 0. The molecule has 436 valence electrons. The van der Waals surface area contributed by atoms with Gasteiger partial charge in [-0.25, -0.2) is 4.79 Å². The molecule has 0 amide bonds. The van der Waals surface area contributed by atoms with Crippen LogP contribution in [0.3, 0.4) is 0 Å². The van der Waals surface area contributed by atoms with E-state index in [0.29, 0.717) is 19.3 Å². The molecule has 1 aliphatic heterocycles. The Kier molecular flexibility index (Phi) is 48.2. The molecule has 6 unspecified atom stereocenters. The van der Waals surface area contributed by atoms with Crippen LogP contribution in [0.5, 0.6) is 0 Å². The van der Waals surface area contributed by atoms with E-state index in [1.807, 2.05) is 0 Å². The lowest BCUT2D eigenvalue weighted by molar-refractivity contribution is -0.301. The average molecular weight is 1060 g/mol. The van der Waals surface area contributed by atoms with Crippen molar-refractivity contribution in [3.63, 3.8) is 0 Å². The predicted molar refractivity (Wildman–Crippen MR) is 303 cm³/mol. The molecule has 75 heavy (non-hydrogen) atoms. The van der Waals surface area contributed by atoms with E-state index in [4.69, 9.17) is 23.7 Å². The van der Waals surface area contributed by atoms with Crippen LogP contribution < -0.4 is 0 Å². The van der Waals surface area contributed by atoms with E-state index in [0.717, 1.165) is 89.9 Å². The number of hydrogen-bond donors (Lipinski definition) is 3. The molecule has 12 nitrogen and oxygen atoms in total. The smallest absolute Gasteiger partial charge is 0.335 e. The minimum atomic E-state index is -1.90. The van der Waals surface area contributed by atoms with Crippen molar-refractivity contribution in [2.75, 3.05) is 13.2 Å².